The second-order valence-corrected chi connectivity index (χ2v) is 14.3. The van der Waals surface area contributed by atoms with Crippen LogP contribution < -0.4 is 60.6 Å². The number of guanidine groups is 1. The number of hydrogen-bond donors (Lipinski definition) is 13. The lowest BCUT2D eigenvalue weighted by molar-refractivity contribution is -0.139. The fourth-order valence-corrected chi connectivity index (χ4v) is 5.76. The fraction of sp³-hybridized carbons (Fsp3) is 0.676. The predicted octanol–water partition coefficient (Wildman–Crippen LogP) is -4.67. The molecule has 0 unspecified atom stereocenters. The Labute approximate surface area is 345 Å². The molecular formula is C34H60N12O12S. The number of primary amides is 2. The first-order chi connectivity index (χ1) is 27.7. The molecule has 0 bridgehead atoms. The van der Waals surface area contributed by atoms with Crippen molar-refractivity contribution in [1.82, 2.24) is 31.9 Å². The first-order valence-electron chi connectivity index (χ1n) is 18.8. The van der Waals surface area contributed by atoms with Gasteiger partial charge in [-0.25, -0.2) is 0 Å². The molecule has 0 aromatic carbocycles. The molecule has 0 aliphatic rings. The van der Waals surface area contributed by atoms with E-state index in [1.807, 2.05) is 0 Å². The Balaban J connectivity index is 6.50. The Kier molecular flexibility index (Phi) is 26.6. The molecule has 0 rings (SSSR count). The van der Waals surface area contributed by atoms with E-state index in [9.17, 15) is 53.1 Å². The number of carboxylic acids is 2. The molecular weight excluding hydrogens is 801 g/mol. The average molecular weight is 861 g/mol. The molecule has 0 aliphatic heterocycles. The lowest BCUT2D eigenvalue weighted by Gasteiger charge is -2.27. The first-order valence-corrected chi connectivity index (χ1v) is 20.2. The maximum atomic E-state index is 13.8. The Bertz CT molecular complexity index is 1500. The van der Waals surface area contributed by atoms with Crippen LogP contribution in [0.25, 0.3) is 0 Å². The van der Waals surface area contributed by atoms with Gasteiger partial charge in [-0.2, -0.15) is 11.8 Å². The molecule has 0 heterocycles. The molecule has 0 aliphatic carbocycles. The van der Waals surface area contributed by atoms with E-state index in [1.54, 1.807) is 6.26 Å². The van der Waals surface area contributed by atoms with Crippen molar-refractivity contribution in [2.24, 2.45) is 33.7 Å². The van der Waals surface area contributed by atoms with Crippen LogP contribution in [-0.4, -0.2) is 137 Å². The minimum absolute atomic E-state index is 0.0524. The average Bonchev–Trinajstić information content (AvgIpc) is 3.14. The smallest absolute Gasteiger partial charge is 0.303 e. The summed E-state index contributed by atoms with van der Waals surface area (Å²) in [6, 6.07) is -8.37. The van der Waals surface area contributed by atoms with E-state index in [1.165, 1.54) is 18.7 Å². The lowest BCUT2D eigenvalue weighted by Crippen LogP contribution is -2.59. The van der Waals surface area contributed by atoms with Gasteiger partial charge in [0.1, 0.15) is 36.3 Å². The predicted molar refractivity (Wildman–Crippen MR) is 214 cm³/mol. The molecule has 0 spiro atoms. The summed E-state index contributed by atoms with van der Waals surface area (Å²) in [6.07, 6.45) is 0.166. The monoisotopic (exact) mass is 860 g/mol. The van der Waals surface area contributed by atoms with Crippen molar-refractivity contribution in [1.29, 1.82) is 0 Å². The summed E-state index contributed by atoms with van der Waals surface area (Å²) in [5.41, 5.74) is 27.0. The third kappa shape index (κ3) is 24.6. The molecule has 0 fully saturated rings. The van der Waals surface area contributed by atoms with E-state index < -0.39 is 128 Å². The Morgan fingerprint density at radius 3 is 1.32 bits per heavy atom. The number of carboxylic acid groups (broad SMARTS) is 2. The van der Waals surface area contributed by atoms with Gasteiger partial charge in [-0.3, -0.25) is 52.9 Å². The summed E-state index contributed by atoms with van der Waals surface area (Å²) >= 11 is 1.28. The Hall–Kier alpha value is -5.72. The number of carbonyl (C=O) groups excluding carboxylic acids is 8. The van der Waals surface area contributed by atoms with Crippen LogP contribution >= 0.6 is 11.8 Å². The highest BCUT2D eigenvalue weighted by Crippen LogP contribution is 2.10. The third-order valence-corrected chi connectivity index (χ3v) is 9.01. The zero-order chi connectivity index (χ0) is 45.1. The van der Waals surface area contributed by atoms with Gasteiger partial charge in [0.05, 0.1) is 0 Å². The van der Waals surface area contributed by atoms with Crippen molar-refractivity contribution in [2.75, 3.05) is 25.1 Å². The number of carbonyl (C=O) groups is 10. The topological polar surface area (TPSA) is 426 Å². The molecule has 24 nitrogen and oxygen atoms in total. The molecule has 0 saturated heterocycles. The number of nitrogens with zero attached hydrogens (tertiary/aromatic N) is 1. The van der Waals surface area contributed by atoms with Gasteiger partial charge in [-0.05, 0) is 76.3 Å². The van der Waals surface area contributed by atoms with E-state index in [2.05, 4.69) is 36.9 Å². The van der Waals surface area contributed by atoms with E-state index >= 15 is 0 Å². The van der Waals surface area contributed by atoms with Crippen LogP contribution in [-0.2, 0) is 47.9 Å². The van der Waals surface area contributed by atoms with Crippen LogP contribution in [0.15, 0.2) is 4.99 Å². The maximum Gasteiger partial charge on any atom is 0.303 e. The van der Waals surface area contributed by atoms with Gasteiger partial charge in [-0.1, -0.05) is 0 Å². The van der Waals surface area contributed by atoms with Crippen molar-refractivity contribution >= 4 is 76.9 Å². The van der Waals surface area contributed by atoms with Crippen LogP contribution in [0.4, 0.5) is 0 Å². The number of nitrogens with one attached hydrogen (secondary N) is 6. The van der Waals surface area contributed by atoms with E-state index in [0.29, 0.717) is 19.4 Å². The summed E-state index contributed by atoms with van der Waals surface area (Å²) < 4.78 is 0. The van der Waals surface area contributed by atoms with Crippen LogP contribution in [0, 0.1) is 0 Å². The normalized spacial score (nSPS) is 13.7. The second kappa shape index (κ2) is 29.5. The molecule has 0 aromatic rings. The molecule has 8 amide bonds. The molecule has 6 atom stereocenters. The summed E-state index contributed by atoms with van der Waals surface area (Å²) in [6.45, 7) is 1.61. The summed E-state index contributed by atoms with van der Waals surface area (Å²) in [4.78, 5) is 130. The zero-order valence-corrected chi connectivity index (χ0v) is 34.1. The number of unbranched alkanes of at least 4 members (excludes halogenated alkanes) is 1. The van der Waals surface area contributed by atoms with Gasteiger partial charge in [0.15, 0.2) is 5.96 Å². The molecule has 59 heavy (non-hydrogen) atoms. The van der Waals surface area contributed by atoms with Crippen molar-refractivity contribution in [3.8, 4) is 0 Å². The molecule has 0 radical (unpaired) electrons. The van der Waals surface area contributed by atoms with Crippen molar-refractivity contribution in [3.05, 3.63) is 0 Å². The van der Waals surface area contributed by atoms with E-state index in [4.69, 9.17) is 33.8 Å². The van der Waals surface area contributed by atoms with Gasteiger partial charge < -0.3 is 70.8 Å². The van der Waals surface area contributed by atoms with Crippen LogP contribution in [0.5, 0.6) is 0 Å². The summed E-state index contributed by atoms with van der Waals surface area (Å²) in [7, 11) is 0. The molecule has 18 N–H and O–H groups in total. The van der Waals surface area contributed by atoms with E-state index in [-0.39, 0.29) is 50.4 Å². The van der Waals surface area contributed by atoms with Crippen molar-refractivity contribution in [2.45, 2.75) is 120 Å². The zero-order valence-electron chi connectivity index (χ0n) is 33.3. The molecule has 334 valence electrons. The van der Waals surface area contributed by atoms with Crippen LogP contribution in [0.3, 0.4) is 0 Å². The quantitative estimate of drug-likeness (QED) is 0.0172. The van der Waals surface area contributed by atoms with Gasteiger partial charge in [-0.15, -0.1) is 0 Å². The van der Waals surface area contributed by atoms with Gasteiger partial charge >= 0.3 is 11.9 Å². The summed E-state index contributed by atoms with van der Waals surface area (Å²) in [5.74, 6) is -9.59. The van der Waals surface area contributed by atoms with Gasteiger partial charge in [0.25, 0.3) is 0 Å². The fourth-order valence-electron chi connectivity index (χ4n) is 5.29. The minimum atomic E-state index is -1.59. The first kappa shape index (κ1) is 53.3. The maximum absolute atomic E-state index is 13.8. The summed E-state index contributed by atoms with van der Waals surface area (Å²) in [5, 5.41) is 32.9. The van der Waals surface area contributed by atoms with Crippen LogP contribution in [0.1, 0.15) is 84.0 Å². The van der Waals surface area contributed by atoms with Gasteiger partial charge in [0, 0.05) is 32.7 Å². The third-order valence-electron chi connectivity index (χ3n) is 8.36. The Morgan fingerprint density at radius 1 is 0.542 bits per heavy atom. The largest absolute Gasteiger partial charge is 0.481 e. The number of nitrogens with two attached hydrogens (primary N) is 5. The highest BCUT2D eigenvalue weighted by atomic mass is 32.2. The highest BCUT2D eigenvalue weighted by Gasteiger charge is 2.33. The number of hydrogen-bond acceptors (Lipinski definition) is 13. The standard InChI is InChI=1S/C34H60N12O12S/c1-18(47)41-20(6-3-4-15-35)29(54)43-21(7-5-16-40-34(38)39)30(55)44-22(8-11-25(36)48)32(57)46-24(14-17-59-2)33(58)45-23(10-13-27(51)52)31(56)42-19(28(37)53)9-12-26(49)50/h19-24H,3-17,35H2,1-2H3,(H2,36,48)(H2,37,53)(H,41,47)(H,42,56)(H,43,54)(H,44,55)(H,45,58)(H,46,57)(H,49,50)(H,51,52)(H4,38,39,40)/t19-,20-,21-,22-,23-,24+/m0/s1. The van der Waals surface area contributed by atoms with Crippen molar-refractivity contribution in [3.63, 3.8) is 0 Å². The van der Waals surface area contributed by atoms with Crippen LogP contribution in [0.2, 0.25) is 0 Å². The van der Waals surface area contributed by atoms with E-state index in [0.717, 1.165) is 0 Å². The highest BCUT2D eigenvalue weighted by molar-refractivity contribution is 7.98. The Morgan fingerprint density at radius 2 is 0.932 bits per heavy atom. The lowest BCUT2D eigenvalue weighted by atomic mass is 10.0. The SMILES string of the molecule is CSCC[C@@H](NC(=O)[C@H](CCC(N)=O)NC(=O)[C@H](CCCN=C(N)N)NC(=O)[C@H](CCCCN)NC(C)=O)C(=O)N[C@@H](CCC(=O)O)C(=O)N[C@@H](CCC(=O)O)C(N)=O. The number of rotatable bonds is 32. The number of aliphatic carboxylic acids is 2. The minimum Gasteiger partial charge on any atom is -0.481 e. The molecule has 0 saturated carbocycles. The number of thioether (sulfide) groups is 1. The van der Waals surface area contributed by atoms with Crippen molar-refractivity contribution < 1.29 is 58.2 Å². The number of amides is 8. The second-order valence-electron chi connectivity index (χ2n) is 13.3. The molecule has 25 heteroatoms. The molecule has 0 aromatic heterocycles. The number of aliphatic imine (C=N–C) groups is 1. The van der Waals surface area contributed by atoms with Gasteiger partial charge in [0.2, 0.25) is 47.3 Å².